The Morgan fingerprint density at radius 1 is 1.22 bits per heavy atom. The highest BCUT2D eigenvalue weighted by Crippen LogP contribution is 2.27. The molecule has 1 unspecified atom stereocenters. The zero-order valence-electron chi connectivity index (χ0n) is 13.1. The Labute approximate surface area is 139 Å². The number of aryl methyl sites for hydroxylation is 1. The van der Waals surface area contributed by atoms with Gasteiger partial charge in [0.15, 0.2) is 0 Å². The van der Waals surface area contributed by atoms with Crippen LogP contribution in [0.25, 0.3) is 0 Å². The minimum atomic E-state index is -0.524. The van der Waals surface area contributed by atoms with Crippen LogP contribution < -0.4 is 15.4 Å². The van der Waals surface area contributed by atoms with Crippen LogP contribution in [0.3, 0.4) is 0 Å². The van der Waals surface area contributed by atoms with E-state index in [0.717, 1.165) is 0 Å². The molecule has 2 aromatic rings. The van der Waals surface area contributed by atoms with Crippen LogP contribution in [0.5, 0.6) is 5.75 Å². The summed E-state index contributed by atoms with van der Waals surface area (Å²) in [4.78, 5) is 12.2. The van der Waals surface area contributed by atoms with Gasteiger partial charge < -0.3 is 15.4 Å². The predicted molar refractivity (Wildman–Crippen MR) is 90.9 cm³/mol. The highest BCUT2D eigenvalue weighted by atomic mass is 35.5. The molecule has 122 valence electrons. The van der Waals surface area contributed by atoms with E-state index in [4.69, 9.17) is 16.3 Å². The van der Waals surface area contributed by atoms with Gasteiger partial charge in [0.05, 0.1) is 12.1 Å². The standard InChI is InChI=1S/C17H18ClFN2O2/c1-10-4-5-13(9-15(10)19)21-17(22)11(2)20-12-6-7-16(23-3)14(18)8-12/h4-9,11,20H,1-3H3,(H,21,22). The second-order valence-electron chi connectivity index (χ2n) is 5.17. The van der Waals surface area contributed by atoms with Crippen LogP contribution in [0.4, 0.5) is 15.8 Å². The molecular weight excluding hydrogens is 319 g/mol. The summed E-state index contributed by atoms with van der Waals surface area (Å²) in [7, 11) is 1.53. The summed E-state index contributed by atoms with van der Waals surface area (Å²) in [5.41, 5.74) is 1.63. The van der Waals surface area contributed by atoms with Gasteiger partial charge in [0.1, 0.15) is 17.6 Å². The van der Waals surface area contributed by atoms with E-state index in [1.165, 1.54) is 13.2 Å². The predicted octanol–water partition coefficient (Wildman–Crippen LogP) is 4.24. The van der Waals surface area contributed by atoms with E-state index in [1.807, 2.05) is 0 Å². The van der Waals surface area contributed by atoms with Crippen molar-refractivity contribution in [2.75, 3.05) is 17.7 Å². The molecule has 0 fully saturated rings. The van der Waals surface area contributed by atoms with Crippen molar-refractivity contribution >= 4 is 28.9 Å². The number of hydrogen-bond donors (Lipinski definition) is 2. The largest absolute Gasteiger partial charge is 0.495 e. The Morgan fingerprint density at radius 3 is 2.52 bits per heavy atom. The molecule has 0 saturated carbocycles. The molecule has 0 aliphatic carbocycles. The van der Waals surface area contributed by atoms with Crippen molar-refractivity contribution in [1.82, 2.24) is 0 Å². The van der Waals surface area contributed by atoms with E-state index in [0.29, 0.717) is 27.7 Å². The number of carbonyl (C=O) groups is 1. The van der Waals surface area contributed by atoms with Crippen LogP contribution >= 0.6 is 11.6 Å². The van der Waals surface area contributed by atoms with Gasteiger partial charge in [-0.3, -0.25) is 4.79 Å². The summed E-state index contributed by atoms with van der Waals surface area (Å²) in [6, 6.07) is 9.20. The summed E-state index contributed by atoms with van der Waals surface area (Å²) < 4.78 is 18.6. The van der Waals surface area contributed by atoms with Gasteiger partial charge in [-0.25, -0.2) is 4.39 Å². The molecule has 2 rings (SSSR count). The zero-order chi connectivity index (χ0) is 17.0. The van der Waals surface area contributed by atoms with Gasteiger partial charge in [-0.05, 0) is 49.7 Å². The van der Waals surface area contributed by atoms with E-state index >= 15 is 0 Å². The summed E-state index contributed by atoms with van der Waals surface area (Å²) >= 11 is 6.05. The number of halogens is 2. The van der Waals surface area contributed by atoms with Gasteiger partial charge in [-0.2, -0.15) is 0 Å². The molecule has 23 heavy (non-hydrogen) atoms. The number of benzene rings is 2. The number of amides is 1. The Bertz CT molecular complexity index is 722. The third kappa shape index (κ3) is 4.36. The molecule has 0 radical (unpaired) electrons. The fourth-order valence-electron chi connectivity index (χ4n) is 1.99. The fraction of sp³-hybridized carbons (Fsp3) is 0.235. The maximum absolute atomic E-state index is 13.5. The summed E-state index contributed by atoms with van der Waals surface area (Å²) in [5.74, 6) is -0.0741. The first-order valence-electron chi connectivity index (χ1n) is 7.08. The second-order valence-corrected chi connectivity index (χ2v) is 5.58. The second kappa shape index (κ2) is 7.33. The van der Waals surface area contributed by atoms with Crippen molar-refractivity contribution in [3.63, 3.8) is 0 Å². The molecule has 2 N–H and O–H groups in total. The lowest BCUT2D eigenvalue weighted by molar-refractivity contribution is -0.116. The van der Waals surface area contributed by atoms with Gasteiger partial charge >= 0.3 is 0 Å². The third-order valence-corrected chi connectivity index (χ3v) is 3.66. The van der Waals surface area contributed by atoms with Crippen molar-refractivity contribution in [1.29, 1.82) is 0 Å². The fourth-order valence-corrected chi connectivity index (χ4v) is 2.25. The number of carbonyl (C=O) groups excluding carboxylic acids is 1. The number of methoxy groups -OCH3 is 1. The number of nitrogens with one attached hydrogen (secondary N) is 2. The van der Waals surface area contributed by atoms with Crippen molar-refractivity contribution in [3.05, 3.63) is 52.8 Å². The van der Waals surface area contributed by atoms with Crippen molar-refractivity contribution in [2.45, 2.75) is 19.9 Å². The van der Waals surface area contributed by atoms with Gasteiger partial charge in [0.2, 0.25) is 5.91 Å². The molecule has 0 heterocycles. The molecule has 4 nitrogen and oxygen atoms in total. The van der Waals surface area contributed by atoms with Gasteiger partial charge in [-0.1, -0.05) is 17.7 Å². The molecule has 2 aromatic carbocycles. The minimum Gasteiger partial charge on any atom is -0.495 e. The first-order valence-corrected chi connectivity index (χ1v) is 7.45. The highest BCUT2D eigenvalue weighted by Gasteiger charge is 2.14. The van der Waals surface area contributed by atoms with Crippen LogP contribution in [-0.4, -0.2) is 19.1 Å². The van der Waals surface area contributed by atoms with Gasteiger partial charge in [0.25, 0.3) is 0 Å². The average molecular weight is 337 g/mol. The lowest BCUT2D eigenvalue weighted by atomic mass is 10.2. The van der Waals surface area contributed by atoms with Crippen molar-refractivity contribution in [3.8, 4) is 5.75 Å². The highest BCUT2D eigenvalue weighted by molar-refractivity contribution is 6.32. The van der Waals surface area contributed by atoms with Crippen LogP contribution in [0.2, 0.25) is 5.02 Å². The van der Waals surface area contributed by atoms with Crippen LogP contribution in [0.1, 0.15) is 12.5 Å². The molecule has 0 aromatic heterocycles. The SMILES string of the molecule is COc1ccc(NC(C)C(=O)Nc2ccc(C)c(F)c2)cc1Cl. The summed E-state index contributed by atoms with van der Waals surface area (Å²) in [6.45, 7) is 3.37. The van der Waals surface area contributed by atoms with E-state index in [1.54, 1.807) is 44.2 Å². The smallest absolute Gasteiger partial charge is 0.246 e. The maximum atomic E-state index is 13.5. The van der Waals surface area contributed by atoms with Gasteiger partial charge in [0, 0.05) is 11.4 Å². The summed E-state index contributed by atoms with van der Waals surface area (Å²) in [6.07, 6.45) is 0. The Hall–Kier alpha value is -2.27. The van der Waals surface area contributed by atoms with Crippen molar-refractivity contribution in [2.24, 2.45) is 0 Å². The van der Waals surface area contributed by atoms with Crippen LogP contribution in [-0.2, 0) is 4.79 Å². The zero-order valence-corrected chi connectivity index (χ0v) is 13.9. The Kier molecular flexibility index (Phi) is 5.45. The normalized spacial score (nSPS) is 11.7. The molecule has 1 amide bonds. The first kappa shape index (κ1) is 17.1. The molecule has 0 spiro atoms. The molecule has 0 saturated heterocycles. The molecular formula is C17H18ClFN2O2. The third-order valence-electron chi connectivity index (χ3n) is 3.37. The van der Waals surface area contributed by atoms with E-state index in [9.17, 15) is 9.18 Å². The molecule has 0 aliphatic heterocycles. The number of ether oxygens (including phenoxy) is 1. The lowest BCUT2D eigenvalue weighted by Gasteiger charge is -2.16. The van der Waals surface area contributed by atoms with E-state index < -0.39 is 6.04 Å². The van der Waals surface area contributed by atoms with E-state index in [-0.39, 0.29) is 11.7 Å². The van der Waals surface area contributed by atoms with Gasteiger partial charge in [-0.15, -0.1) is 0 Å². The molecule has 0 bridgehead atoms. The average Bonchev–Trinajstić information content (AvgIpc) is 2.51. The van der Waals surface area contributed by atoms with E-state index in [2.05, 4.69) is 10.6 Å². The van der Waals surface area contributed by atoms with Crippen molar-refractivity contribution < 1.29 is 13.9 Å². The minimum absolute atomic E-state index is 0.278. The van der Waals surface area contributed by atoms with Crippen LogP contribution in [0.15, 0.2) is 36.4 Å². The Balaban J connectivity index is 2.02. The quantitative estimate of drug-likeness (QED) is 0.858. The molecule has 0 aliphatic rings. The lowest BCUT2D eigenvalue weighted by Crippen LogP contribution is -2.31. The number of anilines is 2. The molecule has 1 atom stereocenters. The first-order chi connectivity index (χ1) is 10.9. The Morgan fingerprint density at radius 2 is 1.91 bits per heavy atom. The number of hydrogen-bond acceptors (Lipinski definition) is 3. The number of rotatable bonds is 5. The summed E-state index contributed by atoms with van der Waals surface area (Å²) in [5, 5.41) is 6.15. The van der Waals surface area contributed by atoms with Crippen LogP contribution in [0, 0.1) is 12.7 Å². The topological polar surface area (TPSA) is 50.4 Å². The maximum Gasteiger partial charge on any atom is 0.246 e. The molecule has 6 heteroatoms. The monoisotopic (exact) mass is 336 g/mol.